The molecule has 14 heteroatoms. The second-order valence-corrected chi connectivity index (χ2v) is 11.3. The Labute approximate surface area is 212 Å². The Kier molecular flexibility index (Phi) is 7.14. The Morgan fingerprint density at radius 3 is 3.00 bits per heavy atom. The summed E-state index contributed by atoms with van der Waals surface area (Å²) in [6, 6.07) is 1.57. The summed E-state index contributed by atoms with van der Waals surface area (Å²) in [6.45, 7) is 3.30. The SMILES string of the molecule is CNS(=O)(=O)O[C@@H]1C[C@H](Nc2ncncc2C(=O)c2cc(CN3CCn4ccnc4C3)cs2)C[C@@H]1O. The first-order chi connectivity index (χ1) is 17.3. The number of rotatable bonds is 9. The fourth-order valence-electron chi connectivity index (χ4n) is 4.54. The molecular weight excluding hydrogens is 506 g/mol. The van der Waals surface area contributed by atoms with Crippen molar-refractivity contribution in [1.29, 1.82) is 0 Å². The number of fused-ring (bicyclic) bond motifs is 1. The lowest BCUT2D eigenvalue weighted by molar-refractivity contribution is 0.0636. The standard InChI is InChI=1S/C22H27N7O5S2/c1-23-36(32,33)34-18-8-15(7-17(18)30)27-22-16(9-24-13-26-22)21(31)19-6-14(12-35-19)10-28-4-5-29-3-2-25-20(29)11-28/h2-3,6,9,12-13,15,17-18,23,30H,4-5,7-8,10-11H2,1H3,(H,24,26,27)/t15-,17+,18-/m1/s1. The number of ketones is 1. The molecule has 0 unspecified atom stereocenters. The Balaban J connectivity index is 1.25. The molecule has 36 heavy (non-hydrogen) atoms. The van der Waals surface area contributed by atoms with Gasteiger partial charge in [0.2, 0.25) is 5.78 Å². The number of hydrogen-bond acceptors (Lipinski definition) is 11. The highest BCUT2D eigenvalue weighted by Crippen LogP contribution is 2.29. The van der Waals surface area contributed by atoms with Crippen molar-refractivity contribution < 1.29 is 22.5 Å². The van der Waals surface area contributed by atoms with Gasteiger partial charge >= 0.3 is 10.3 Å². The first-order valence-corrected chi connectivity index (χ1v) is 13.8. The van der Waals surface area contributed by atoms with Crippen LogP contribution in [0.1, 0.15) is 39.5 Å². The Morgan fingerprint density at radius 1 is 1.31 bits per heavy atom. The molecule has 1 aliphatic heterocycles. The van der Waals surface area contributed by atoms with Crippen molar-refractivity contribution in [2.24, 2.45) is 0 Å². The molecule has 0 bridgehead atoms. The lowest BCUT2D eigenvalue weighted by atomic mass is 10.1. The van der Waals surface area contributed by atoms with Crippen LogP contribution in [0.25, 0.3) is 0 Å². The quantitative estimate of drug-likeness (QED) is 0.336. The van der Waals surface area contributed by atoms with E-state index in [1.54, 1.807) is 0 Å². The van der Waals surface area contributed by atoms with Gasteiger partial charge in [-0.1, -0.05) is 0 Å². The van der Waals surface area contributed by atoms with Crippen molar-refractivity contribution in [3.63, 3.8) is 0 Å². The molecule has 2 aliphatic rings. The van der Waals surface area contributed by atoms with Crippen LogP contribution in [0, 0.1) is 0 Å². The molecule has 1 fully saturated rings. The predicted octanol–water partition coefficient (Wildman–Crippen LogP) is 0.766. The molecule has 192 valence electrons. The number of aliphatic hydroxyl groups is 1. The number of hydrogen-bond donors (Lipinski definition) is 3. The highest BCUT2D eigenvalue weighted by atomic mass is 32.2. The molecule has 1 saturated carbocycles. The maximum absolute atomic E-state index is 13.3. The number of aromatic nitrogens is 4. The molecule has 0 saturated heterocycles. The average molecular weight is 534 g/mol. The lowest BCUT2D eigenvalue weighted by Gasteiger charge is -2.27. The number of imidazole rings is 1. The number of nitrogens with zero attached hydrogens (tertiary/aromatic N) is 5. The minimum absolute atomic E-state index is 0.201. The third-order valence-corrected chi connectivity index (χ3v) is 8.36. The van der Waals surface area contributed by atoms with E-state index in [1.165, 1.54) is 30.9 Å². The van der Waals surface area contributed by atoms with Gasteiger partial charge in [-0.15, -0.1) is 11.3 Å². The number of thiophene rings is 1. The fourth-order valence-corrected chi connectivity index (χ4v) is 6.03. The number of aliphatic hydroxyl groups excluding tert-OH is 1. The minimum Gasteiger partial charge on any atom is -0.390 e. The molecule has 0 amide bonds. The van der Waals surface area contributed by atoms with Gasteiger partial charge in [0.1, 0.15) is 24.1 Å². The first-order valence-electron chi connectivity index (χ1n) is 11.5. The molecule has 12 nitrogen and oxygen atoms in total. The molecule has 0 radical (unpaired) electrons. The fraction of sp³-hybridized carbons (Fsp3) is 0.455. The number of nitrogens with one attached hydrogen (secondary N) is 2. The van der Waals surface area contributed by atoms with Crippen molar-refractivity contribution in [2.75, 3.05) is 18.9 Å². The van der Waals surface area contributed by atoms with Gasteiger partial charge in [-0.3, -0.25) is 13.9 Å². The van der Waals surface area contributed by atoms with Gasteiger partial charge < -0.3 is 15.0 Å². The van der Waals surface area contributed by atoms with E-state index in [1.807, 2.05) is 23.8 Å². The molecule has 1 aliphatic carbocycles. The molecule has 5 rings (SSSR count). The maximum atomic E-state index is 13.3. The zero-order valence-corrected chi connectivity index (χ0v) is 21.2. The topological polar surface area (TPSA) is 152 Å². The van der Waals surface area contributed by atoms with Crippen LogP contribution in [0.4, 0.5) is 5.82 Å². The van der Waals surface area contributed by atoms with E-state index in [4.69, 9.17) is 4.18 Å². The predicted molar refractivity (Wildman–Crippen MR) is 132 cm³/mol. The van der Waals surface area contributed by atoms with Gasteiger partial charge in [0.05, 0.1) is 23.1 Å². The highest BCUT2D eigenvalue weighted by Gasteiger charge is 2.37. The minimum atomic E-state index is -3.93. The summed E-state index contributed by atoms with van der Waals surface area (Å²) in [7, 11) is -2.70. The summed E-state index contributed by atoms with van der Waals surface area (Å²) in [4.78, 5) is 28.9. The van der Waals surface area contributed by atoms with E-state index >= 15 is 0 Å². The number of carbonyl (C=O) groups is 1. The molecule has 3 aromatic rings. The van der Waals surface area contributed by atoms with Crippen LogP contribution in [0.5, 0.6) is 0 Å². The van der Waals surface area contributed by atoms with E-state index in [9.17, 15) is 18.3 Å². The van der Waals surface area contributed by atoms with Gasteiger partial charge in [0, 0.05) is 51.3 Å². The van der Waals surface area contributed by atoms with Crippen molar-refractivity contribution in [1.82, 2.24) is 29.1 Å². The van der Waals surface area contributed by atoms with Crippen LogP contribution in [-0.2, 0) is 34.1 Å². The van der Waals surface area contributed by atoms with Crippen molar-refractivity contribution in [3.8, 4) is 0 Å². The summed E-state index contributed by atoms with van der Waals surface area (Å²) in [5, 5.41) is 15.4. The van der Waals surface area contributed by atoms with E-state index in [0.717, 1.165) is 37.6 Å². The largest absolute Gasteiger partial charge is 0.390 e. The van der Waals surface area contributed by atoms with Crippen LogP contribution in [0.2, 0.25) is 0 Å². The summed E-state index contributed by atoms with van der Waals surface area (Å²) >= 11 is 1.38. The number of carbonyl (C=O) groups excluding carboxylic acids is 1. The Hall–Kier alpha value is -2.75. The molecule has 3 aromatic heterocycles. The normalized spacial score (nSPS) is 22.4. The first kappa shape index (κ1) is 24.9. The van der Waals surface area contributed by atoms with Crippen LogP contribution >= 0.6 is 11.3 Å². The second-order valence-electron chi connectivity index (χ2n) is 8.85. The number of anilines is 1. The average Bonchev–Trinajstić information content (AvgIpc) is 3.59. The zero-order valence-electron chi connectivity index (χ0n) is 19.6. The van der Waals surface area contributed by atoms with E-state index in [-0.39, 0.29) is 24.7 Å². The van der Waals surface area contributed by atoms with Crippen molar-refractivity contribution >= 4 is 33.2 Å². The van der Waals surface area contributed by atoms with Crippen LogP contribution in [0.3, 0.4) is 0 Å². The van der Waals surface area contributed by atoms with Crippen LogP contribution in [0.15, 0.2) is 36.4 Å². The van der Waals surface area contributed by atoms with Gasteiger partial charge in [-0.2, -0.15) is 13.1 Å². The maximum Gasteiger partial charge on any atom is 0.335 e. The molecular formula is C22H27N7O5S2. The van der Waals surface area contributed by atoms with Gasteiger partial charge in [-0.05, 0) is 29.9 Å². The third kappa shape index (κ3) is 5.48. The molecule has 0 aromatic carbocycles. The Morgan fingerprint density at radius 2 is 2.17 bits per heavy atom. The summed E-state index contributed by atoms with van der Waals surface area (Å²) in [6.07, 6.45) is 5.22. The Bertz CT molecular complexity index is 1340. The van der Waals surface area contributed by atoms with Gasteiger partial charge in [-0.25, -0.2) is 15.0 Å². The third-order valence-electron chi connectivity index (χ3n) is 6.38. The lowest BCUT2D eigenvalue weighted by Crippen LogP contribution is -2.33. The van der Waals surface area contributed by atoms with E-state index < -0.39 is 22.5 Å². The smallest absolute Gasteiger partial charge is 0.335 e. The van der Waals surface area contributed by atoms with Gasteiger partial charge in [0.25, 0.3) is 0 Å². The van der Waals surface area contributed by atoms with E-state index in [2.05, 4.69) is 34.5 Å². The molecule has 3 atom stereocenters. The summed E-state index contributed by atoms with van der Waals surface area (Å²) in [5.41, 5.74) is 1.37. The van der Waals surface area contributed by atoms with Gasteiger partial charge in [0.15, 0.2) is 0 Å². The zero-order chi connectivity index (χ0) is 25.3. The molecule has 4 heterocycles. The summed E-state index contributed by atoms with van der Waals surface area (Å²) in [5.74, 6) is 1.17. The van der Waals surface area contributed by atoms with Crippen molar-refractivity contribution in [2.45, 2.75) is 50.7 Å². The van der Waals surface area contributed by atoms with Crippen LogP contribution < -0.4 is 10.0 Å². The van der Waals surface area contributed by atoms with Crippen molar-refractivity contribution in [3.05, 3.63) is 58.2 Å². The highest BCUT2D eigenvalue weighted by molar-refractivity contribution is 7.84. The molecule has 3 N–H and O–H groups in total. The van der Waals surface area contributed by atoms with E-state index in [0.29, 0.717) is 16.3 Å². The van der Waals surface area contributed by atoms with Crippen LogP contribution in [-0.4, -0.2) is 75.6 Å². The second kappa shape index (κ2) is 10.3. The monoisotopic (exact) mass is 533 g/mol. The summed E-state index contributed by atoms with van der Waals surface area (Å²) < 4.78 is 32.6. The molecule has 0 spiro atoms.